The van der Waals surface area contributed by atoms with Crippen LogP contribution in [0.4, 0.5) is 15.1 Å². The van der Waals surface area contributed by atoms with Crippen LogP contribution < -0.4 is 0 Å². The van der Waals surface area contributed by atoms with E-state index in [9.17, 15) is 15.1 Å². The third-order valence-corrected chi connectivity index (χ3v) is 0. The molecule has 0 fully saturated rings. The van der Waals surface area contributed by atoms with E-state index in [0.29, 0.717) is 0 Å². The molecule has 0 bridgehead atoms. The summed E-state index contributed by atoms with van der Waals surface area (Å²) in [5, 5.41) is 0. The van der Waals surface area contributed by atoms with Gasteiger partial charge in [0, 0.05) is 0 Å². The molecule has 0 aliphatic carbocycles. The Morgan fingerprint density at radius 2 is 0.571 bits per heavy atom. The van der Waals surface area contributed by atoms with E-state index in [-0.39, 0.29) is 0 Å². The number of halogens is 6. The van der Waals surface area contributed by atoms with Gasteiger partial charge in [0.15, 0.2) is 0 Å². The van der Waals surface area contributed by atoms with Crippen LogP contribution in [-0.2, 0) is 21.9 Å². The standard InChI is InChI=1S/Cd.6FH/h;6*1H/q+6;;;;;;/p-6. The molecular weight excluding hydrogens is 226 g/mol. The van der Waals surface area contributed by atoms with Crippen LogP contribution in [0.3, 0.4) is 0 Å². The first-order valence-electron chi connectivity index (χ1n) is 1.60. The number of rotatable bonds is 0. The molecule has 0 atom stereocenters. The molecule has 7 heteroatoms. The molecule has 0 aromatic carbocycles. The first kappa shape index (κ1) is 7.50. The van der Waals surface area contributed by atoms with Gasteiger partial charge in [0.2, 0.25) is 0 Å². The molecule has 0 heterocycles. The minimum absolute atomic E-state index is 9.94. The summed E-state index contributed by atoms with van der Waals surface area (Å²) in [4.78, 5) is 0. The average molecular weight is 226 g/mol. The van der Waals surface area contributed by atoms with Crippen molar-refractivity contribution in [1.29, 1.82) is 0 Å². The van der Waals surface area contributed by atoms with Crippen molar-refractivity contribution in [2.75, 3.05) is 0 Å². The Morgan fingerprint density at radius 1 is 0.571 bits per heavy atom. The van der Waals surface area contributed by atoms with Gasteiger partial charge in [-0.3, -0.25) is 0 Å². The van der Waals surface area contributed by atoms with Gasteiger partial charge in [-0.2, -0.15) is 0 Å². The predicted octanol–water partition coefficient (Wildman–Crippen LogP) is 2.52. The van der Waals surface area contributed by atoms with Crippen molar-refractivity contribution < 1.29 is 36.9 Å². The first-order chi connectivity index (χ1) is 2.45. The van der Waals surface area contributed by atoms with Crippen molar-refractivity contribution in [3.05, 3.63) is 0 Å². The molecule has 0 nitrogen and oxygen atoms in total. The third kappa shape index (κ3) is 523. The fraction of sp³-hybridized carbons (Fsp3) is 0. The van der Waals surface area contributed by atoms with Crippen LogP contribution in [0.2, 0.25) is 0 Å². The van der Waals surface area contributed by atoms with Crippen molar-refractivity contribution >= 4 is 0 Å². The van der Waals surface area contributed by atoms with E-state index in [1.54, 1.807) is 0 Å². The van der Waals surface area contributed by atoms with Gasteiger partial charge in [-0.15, -0.1) is 0 Å². The topological polar surface area (TPSA) is 0 Å². The van der Waals surface area contributed by atoms with Crippen molar-refractivity contribution in [2.24, 2.45) is 0 Å². The van der Waals surface area contributed by atoms with Crippen LogP contribution in [0.5, 0.6) is 0 Å². The zero-order chi connectivity index (χ0) is 6.41. The molecule has 0 radical (unpaired) electrons. The molecule has 0 saturated carbocycles. The van der Waals surface area contributed by atoms with E-state index in [1.807, 2.05) is 0 Å². The molecule has 0 saturated heterocycles. The Morgan fingerprint density at radius 3 is 0.571 bits per heavy atom. The molecule has 0 aliphatic rings. The summed E-state index contributed by atoms with van der Waals surface area (Å²) in [7, 11) is 0. The van der Waals surface area contributed by atoms with Crippen molar-refractivity contribution in [2.45, 2.75) is 0 Å². The Balaban J connectivity index is 4.43. The Kier molecular flexibility index (Phi) is 0.878. The Bertz CT molecular complexity index is 62.7. The first-order valence-corrected chi connectivity index (χ1v) is 10.8. The van der Waals surface area contributed by atoms with Crippen LogP contribution in [0, 0.1) is 0 Å². The maximum atomic E-state index is 9.94. The monoisotopic (exact) mass is 228 g/mol. The van der Waals surface area contributed by atoms with E-state index in [1.165, 1.54) is 0 Å². The van der Waals surface area contributed by atoms with Crippen LogP contribution in [0.25, 0.3) is 0 Å². The molecule has 44 valence electrons. The fourth-order valence-corrected chi connectivity index (χ4v) is 0. The van der Waals surface area contributed by atoms with E-state index >= 15 is 0 Å². The Hall–Kier alpha value is 0.502. The van der Waals surface area contributed by atoms with E-state index in [4.69, 9.17) is 0 Å². The molecule has 0 aliphatic heterocycles. The molecule has 0 aromatic heterocycles. The summed E-state index contributed by atoms with van der Waals surface area (Å²) in [6.45, 7) is 0. The van der Waals surface area contributed by atoms with E-state index in [2.05, 4.69) is 0 Å². The second-order valence-corrected chi connectivity index (χ2v) is 10.2. The normalized spacial score (nSPS) is 18.0. The van der Waals surface area contributed by atoms with Crippen LogP contribution >= 0.6 is 0 Å². The Labute approximate surface area is 37.4 Å². The molecule has 0 N–H and O–H groups in total. The quantitative estimate of drug-likeness (QED) is 0.440. The molecule has 0 rings (SSSR count). The molecule has 0 spiro atoms. The zero-order valence-electron chi connectivity index (χ0n) is 2.97. The van der Waals surface area contributed by atoms with Gasteiger partial charge >= 0.3 is 36.9 Å². The predicted molar refractivity (Wildman–Crippen MR) is 6.65 cm³/mol. The van der Waals surface area contributed by atoms with Gasteiger partial charge in [-0.05, 0) is 0 Å². The molecular formula is CdF6. The SMILES string of the molecule is [F][Cd]([F])([F])([F])([F])[F]. The van der Waals surface area contributed by atoms with Crippen molar-refractivity contribution in [1.82, 2.24) is 0 Å². The average Bonchev–Trinajstić information content (AvgIpc) is 0.592. The minimum atomic E-state index is -11.4. The van der Waals surface area contributed by atoms with Gasteiger partial charge in [-0.25, -0.2) is 0 Å². The second-order valence-electron chi connectivity index (χ2n) is 1.52. The number of hydrogen-bond acceptors (Lipinski definition) is 0. The van der Waals surface area contributed by atoms with Crippen molar-refractivity contribution in [3.8, 4) is 0 Å². The molecule has 7 heavy (non-hydrogen) atoms. The molecule has 0 aromatic rings. The van der Waals surface area contributed by atoms with Gasteiger partial charge in [-0.1, -0.05) is 0 Å². The summed E-state index contributed by atoms with van der Waals surface area (Å²) in [6.07, 6.45) is 0. The van der Waals surface area contributed by atoms with Gasteiger partial charge < -0.3 is 0 Å². The summed E-state index contributed by atoms with van der Waals surface area (Å²) in [5.74, 6) is 0. The summed E-state index contributed by atoms with van der Waals surface area (Å²) < 4.78 is 59.7. The van der Waals surface area contributed by atoms with Gasteiger partial charge in [0.05, 0.1) is 0 Å². The fourth-order valence-electron chi connectivity index (χ4n) is 0. The summed E-state index contributed by atoms with van der Waals surface area (Å²) in [5.41, 5.74) is 0. The molecule has 0 amide bonds. The third-order valence-electron chi connectivity index (χ3n) is 0. The van der Waals surface area contributed by atoms with Crippen molar-refractivity contribution in [3.63, 3.8) is 0 Å². The summed E-state index contributed by atoms with van der Waals surface area (Å²) >= 11 is -11.4. The zero-order valence-corrected chi connectivity index (χ0v) is 7.01. The van der Waals surface area contributed by atoms with E-state index < -0.39 is 21.9 Å². The van der Waals surface area contributed by atoms with Crippen LogP contribution in [0.1, 0.15) is 0 Å². The van der Waals surface area contributed by atoms with E-state index in [0.717, 1.165) is 0 Å². The van der Waals surface area contributed by atoms with Crippen LogP contribution in [0.15, 0.2) is 0 Å². The second kappa shape index (κ2) is 0.819. The summed E-state index contributed by atoms with van der Waals surface area (Å²) in [6, 6.07) is 0. The van der Waals surface area contributed by atoms with Gasteiger partial charge in [0.1, 0.15) is 0 Å². The molecule has 0 unspecified atom stereocenters. The van der Waals surface area contributed by atoms with Crippen LogP contribution in [-0.4, -0.2) is 0 Å². The number of hydrogen-bond donors (Lipinski definition) is 0. The van der Waals surface area contributed by atoms with Gasteiger partial charge in [0.25, 0.3) is 0 Å². The maximum absolute atomic E-state index is 11.4.